The summed E-state index contributed by atoms with van der Waals surface area (Å²) < 4.78 is 2.52. The summed E-state index contributed by atoms with van der Waals surface area (Å²) in [5, 5.41) is 26.7. The Hall–Kier alpha value is -2.16. The maximum absolute atomic E-state index is 12.7. The summed E-state index contributed by atoms with van der Waals surface area (Å²) in [6.45, 7) is 1.62. The Morgan fingerprint density at radius 3 is 2.66 bits per heavy atom. The van der Waals surface area contributed by atoms with Crippen molar-refractivity contribution in [2.75, 3.05) is 6.61 Å². The Labute approximate surface area is 174 Å². The maximum atomic E-state index is 12.7. The molecule has 1 aliphatic carbocycles. The van der Waals surface area contributed by atoms with Gasteiger partial charge < -0.3 is 15.5 Å². The molecule has 0 bridgehead atoms. The monoisotopic (exact) mass is 422 g/mol. The molecule has 1 aliphatic rings. The lowest BCUT2D eigenvalue weighted by molar-refractivity contribution is 0.0532. The van der Waals surface area contributed by atoms with Crippen molar-refractivity contribution in [1.82, 2.24) is 19.7 Å². The number of nitrogens with zero attached hydrogens (tertiary/aromatic N) is 3. The van der Waals surface area contributed by atoms with Crippen LogP contribution < -0.4 is 11.0 Å². The molecule has 0 saturated heterocycles. The second kappa shape index (κ2) is 9.56. The summed E-state index contributed by atoms with van der Waals surface area (Å²) in [6.07, 6.45) is 5.23. The quantitative estimate of drug-likeness (QED) is 0.487. The first kappa shape index (κ1) is 21.5. The minimum atomic E-state index is -0.936. The van der Waals surface area contributed by atoms with Crippen molar-refractivity contribution in [3.63, 3.8) is 0 Å². The molecule has 1 aromatic heterocycles. The lowest BCUT2D eigenvalue weighted by Crippen LogP contribution is -2.40. The largest absolute Gasteiger partial charge is 0.395 e. The molecular formula is C20H27ClN4O4. The van der Waals surface area contributed by atoms with Crippen molar-refractivity contribution in [2.45, 2.75) is 58.2 Å². The molecule has 8 nitrogen and oxygen atoms in total. The van der Waals surface area contributed by atoms with Gasteiger partial charge in [0.15, 0.2) is 0 Å². The molecule has 1 atom stereocenters. The van der Waals surface area contributed by atoms with Gasteiger partial charge in [-0.25, -0.2) is 4.79 Å². The zero-order valence-corrected chi connectivity index (χ0v) is 17.2. The summed E-state index contributed by atoms with van der Waals surface area (Å²) in [4.78, 5) is 25.3. The van der Waals surface area contributed by atoms with E-state index in [4.69, 9.17) is 16.7 Å². The molecule has 3 rings (SSSR count). The molecule has 29 heavy (non-hydrogen) atoms. The second-order valence-corrected chi connectivity index (χ2v) is 7.86. The molecule has 1 unspecified atom stereocenters. The second-order valence-electron chi connectivity index (χ2n) is 7.45. The number of benzene rings is 1. The van der Waals surface area contributed by atoms with Gasteiger partial charge in [-0.05, 0) is 38.0 Å². The molecule has 1 fully saturated rings. The number of hydrogen-bond donors (Lipinski definition) is 3. The van der Waals surface area contributed by atoms with Gasteiger partial charge in [-0.15, -0.1) is 0 Å². The lowest BCUT2D eigenvalue weighted by Gasteiger charge is -2.22. The highest BCUT2D eigenvalue weighted by atomic mass is 35.5. The standard InChI is InChI=1S/C20H27ClN4O4/c1-13-23-25(20(29)24(13)10-11-26)15-8-9-17(21)16(12-15)19(28)22-18(27)14-6-4-2-3-5-7-14/h8-9,12,14,18,26-27H,2-7,10-11H2,1H3,(H,22,28). The molecule has 9 heteroatoms. The number of rotatable bonds is 6. The van der Waals surface area contributed by atoms with Gasteiger partial charge in [0.2, 0.25) is 0 Å². The third kappa shape index (κ3) is 4.88. The minimum Gasteiger partial charge on any atom is -0.395 e. The highest BCUT2D eigenvalue weighted by Gasteiger charge is 2.24. The number of aryl methyl sites for hydroxylation is 1. The molecule has 0 radical (unpaired) electrons. The van der Waals surface area contributed by atoms with Crippen molar-refractivity contribution in [3.05, 3.63) is 45.1 Å². The van der Waals surface area contributed by atoms with Crippen LogP contribution in [0.5, 0.6) is 0 Å². The number of hydrogen-bond acceptors (Lipinski definition) is 5. The summed E-state index contributed by atoms with van der Waals surface area (Å²) in [6, 6.07) is 4.60. The fraction of sp³-hybridized carbons (Fsp3) is 0.550. The molecule has 158 valence electrons. The predicted octanol–water partition coefficient (Wildman–Crippen LogP) is 2.01. The predicted molar refractivity (Wildman–Crippen MR) is 109 cm³/mol. The van der Waals surface area contributed by atoms with Crippen LogP contribution in [0.15, 0.2) is 23.0 Å². The Morgan fingerprint density at radius 2 is 2.00 bits per heavy atom. The summed E-state index contributed by atoms with van der Waals surface area (Å²) in [5.74, 6) is -0.00944. The van der Waals surface area contributed by atoms with Crippen LogP contribution in [0, 0.1) is 12.8 Å². The van der Waals surface area contributed by atoms with Gasteiger partial charge in [0, 0.05) is 5.92 Å². The highest BCUT2D eigenvalue weighted by molar-refractivity contribution is 6.33. The fourth-order valence-electron chi connectivity index (χ4n) is 3.80. The van der Waals surface area contributed by atoms with Gasteiger partial charge in [0.1, 0.15) is 12.1 Å². The molecule has 2 aromatic rings. The zero-order chi connectivity index (χ0) is 21.0. The number of carbonyl (C=O) groups is 1. The minimum absolute atomic E-state index is 0.0304. The van der Waals surface area contributed by atoms with Crippen LogP contribution in [0.1, 0.15) is 54.7 Å². The van der Waals surface area contributed by atoms with E-state index in [9.17, 15) is 14.7 Å². The van der Waals surface area contributed by atoms with Crippen LogP contribution in [-0.4, -0.2) is 43.3 Å². The highest BCUT2D eigenvalue weighted by Crippen LogP contribution is 2.25. The van der Waals surface area contributed by atoms with E-state index >= 15 is 0 Å². The third-order valence-electron chi connectivity index (χ3n) is 5.44. The average Bonchev–Trinajstić information content (AvgIpc) is 2.89. The molecule has 0 aliphatic heterocycles. The van der Waals surface area contributed by atoms with E-state index in [1.165, 1.54) is 21.4 Å². The van der Waals surface area contributed by atoms with Crippen LogP contribution in [0.25, 0.3) is 5.69 Å². The first-order chi connectivity index (χ1) is 13.9. The molecule has 1 amide bonds. The van der Waals surface area contributed by atoms with E-state index in [0.717, 1.165) is 38.5 Å². The van der Waals surface area contributed by atoms with Crippen LogP contribution in [0.4, 0.5) is 0 Å². The molecular weight excluding hydrogens is 396 g/mol. The topological polar surface area (TPSA) is 109 Å². The Bertz CT molecular complexity index is 916. The van der Waals surface area contributed by atoms with Gasteiger partial charge in [0.25, 0.3) is 5.91 Å². The average molecular weight is 423 g/mol. The van der Waals surface area contributed by atoms with Gasteiger partial charge in [-0.1, -0.05) is 37.3 Å². The maximum Gasteiger partial charge on any atom is 0.350 e. The van der Waals surface area contributed by atoms with Crippen molar-refractivity contribution >= 4 is 17.5 Å². The fourth-order valence-corrected chi connectivity index (χ4v) is 4.00. The van der Waals surface area contributed by atoms with Gasteiger partial charge >= 0.3 is 5.69 Å². The van der Waals surface area contributed by atoms with E-state index in [-0.39, 0.29) is 29.7 Å². The van der Waals surface area contributed by atoms with Crippen molar-refractivity contribution in [3.8, 4) is 5.69 Å². The number of amides is 1. The number of aliphatic hydroxyl groups excluding tert-OH is 2. The van der Waals surface area contributed by atoms with Crippen LogP contribution in [0.3, 0.4) is 0 Å². The zero-order valence-electron chi connectivity index (χ0n) is 16.5. The van der Waals surface area contributed by atoms with Crippen molar-refractivity contribution < 1.29 is 15.0 Å². The molecule has 1 aromatic carbocycles. The summed E-state index contributed by atoms with van der Waals surface area (Å²) in [5.41, 5.74) is 0.134. The summed E-state index contributed by atoms with van der Waals surface area (Å²) in [7, 11) is 0. The molecule has 0 spiro atoms. The van der Waals surface area contributed by atoms with Crippen molar-refractivity contribution in [2.24, 2.45) is 5.92 Å². The van der Waals surface area contributed by atoms with Gasteiger partial charge in [-0.2, -0.15) is 9.78 Å². The van der Waals surface area contributed by atoms with E-state index < -0.39 is 17.8 Å². The normalized spacial score (nSPS) is 16.4. The van der Waals surface area contributed by atoms with Crippen LogP contribution >= 0.6 is 11.6 Å². The Balaban J connectivity index is 1.83. The van der Waals surface area contributed by atoms with E-state index in [0.29, 0.717) is 11.5 Å². The molecule has 1 saturated carbocycles. The number of carbonyl (C=O) groups excluding carboxylic acids is 1. The number of aromatic nitrogens is 3. The lowest BCUT2D eigenvalue weighted by atomic mass is 9.98. The van der Waals surface area contributed by atoms with Crippen LogP contribution in [0.2, 0.25) is 5.02 Å². The number of aliphatic hydroxyl groups is 2. The first-order valence-electron chi connectivity index (χ1n) is 9.98. The third-order valence-corrected chi connectivity index (χ3v) is 5.77. The first-order valence-corrected chi connectivity index (χ1v) is 10.4. The van der Waals surface area contributed by atoms with Gasteiger partial charge in [0.05, 0.1) is 29.4 Å². The Morgan fingerprint density at radius 1 is 1.31 bits per heavy atom. The smallest absolute Gasteiger partial charge is 0.350 e. The SMILES string of the molecule is Cc1nn(-c2ccc(Cl)c(C(=O)NC(O)C3CCCCCC3)c2)c(=O)n1CCO. The van der Waals surface area contributed by atoms with E-state index in [1.54, 1.807) is 13.0 Å². The molecule has 1 heterocycles. The van der Waals surface area contributed by atoms with Gasteiger partial charge in [-0.3, -0.25) is 9.36 Å². The van der Waals surface area contributed by atoms with E-state index in [2.05, 4.69) is 10.4 Å². The van der Waals surface area contributed by atoms with Crippen LogP contribution in [-0.2, 0) is 6.54 Å². The van der Waals surface area contributed by atoms with E-state index in [1.807, 2.05) is 0 Å². The molecule has 3 N–H and O–H groups in total. The summed E-state index contributed by atoms with van der Waals surface area (Å²) >= 11 is 6.21. The number of halogens is 1. The number of nitrogens with one attached hydrogen (secondary N) is 1. The van der Waals surface area contributed by atoms with Crippen molar-refractivity contribution in [1.29, 1.82) is 0 Å². The Kier molecular flexibility index (Phi) is 7.10.